The molecule has 0 aliphatic heterocycles. The summed E-state index contributed by atoms with van der Waals surface area (Å²) in [6, 6.07) is 3.18. The summed E-state index contributed by atoms with van der Waals surface area (Å²) in [5, 5.41) is 13.2. The second-order valence-electron chi connectivity index (χ2n) is 6.28. The molecule has 1 aromatic rings. The molecule has 2 amide bonds. The molecule has 0 heterocycles. The van der Waals surface area contributed by atoms with Crippen LogP contribution >= 0.6 is 0 Å². The van der Waals surface area contributed by atoms with Crippen molar-refractivity contribution in [1.29, 1.82) is 0 Å². The quantitative estimate of drug-likeness (QED) is 0.682. The van der Waals surface area contributed by atoms with Gasteiger partial charge in [-0.1, -0.05) is 31.5 Å². The molecule has 2 unspecified atom stereocenters. The number of halogens is 3. The third-order valence-electron chi connectivity index (χ3n) is 3.60. The zero-order valence-corrected chi connectivity index (χ0v) is 14.6. The van der Waals surface area contributed by atoms with Crippen LogP contribution in [0.25, 0.3) is 0 Å². The summed E-state index contributed by atoms with van der Waals surface area (Å²) < 4.78 is 37.4. The zero-order chi connectivity index (χ0) is 20.1. The highest BCUT2D eigenvalue weighted by Crippen LogP contribution is 2.22. The van der Waals surface area contributed by atoms with E-state index in [0.717, 1.165) is 5.56 Å². The topological polar surface area (TPSA) is 95.5 Å². The standard InChI is InChI=1S/C17H21F3N2O4/c1-9(2)13(22-14(23)11-6-4-10(3)5-7-11)15(24)21-12(16(25)26)8-17(18,19)20/h4-7,9,12-13H,8H2,1-3H3,(H,21,24)(H,22,23)(H,25,26). The number of alkyl halides is 3. The summed E-state index contributed by atoms with van der Waals surface area (Å²) in [5.41, 5.74) is 1.20. The smallest absolute Gasteiger partial charge is 0.391 e. The first-order valence-electron chi connectivity index (χ1n) is 7.88. The number of hydrogen-bond acceptors (Lipinski definition) is 3. The molecule has 1 rings (SSSR count). The van der Waals surface area contributed by atoms with Crippen LogP contribution in [0, 0.1) is 12.8 Å². The molecule has 6 nitrogen and oxygen atoms in total. The monoisotopic (exact) mass is 374 g/mol. The molecule has 0 fully saturated rings. The summed E-state index contributed by atoms with van der Waals surface area (Å²) in [7, 11) is 0. The maximum Gasteiger partial charge on any atom is 0.391 e. The van der Waals surface area contributed by atoms with E-state index in [1.54, 1.807) is 38.1 Å². The average molecular weight is 374 g/mol. The van der Waals surface area contributed by atoms with Crippen LogP contribution < -0.4 is 10.6 Å². The summed E-state index contributed by atoms with van der Waals surface area (Å²) >= 11 is 0. The van der Waals surface area contributed by atoms with Gasteiger partial charge in [-0.2, -0.15) is 13.2 Å². The Morgan fingerprint density at radius 1 is 1.08 bits per heavy atom. The molecular formula is C17H21F3N2O4. The van der Waals surface area contributed by atoms with E-state index < -0.39 is 48.4 Å². The first kappa shape index (κ1) is 21.5. The second-order valence-corrected chi connectivity index (χ2v) is 6.28. The van der Waals surface area contributed by atoms with Gasteiger partial charge in [0.05, 0.1) is 6.42 Å². The molecule has 0 radical (unpaired) electrons. The van der Waals surface area contributed by atoms with Crippen LogP contribution in [0.3, 0.4) is 0 Å². The van der Waals surface area contributed by atoms with Crippen molar-refractivity contribution in [2.24, 2.45) is 5.92 Å². The summed E-state index contributed by atoms with van der Waals surface area (Å²) in [4.78, 5) is 35.5. The van der Waals surface area contributed by atoms with Crippen molar-refractivity contribution in [3.05, 3.63) is 35.4 Å². The van der Waals surface area contributed by atoms with Gasteiger partial charge in [-0.05, 0) is 25.0 Å². The SMILES string of the molecule is Cc1ccc(C(=O)NC(C(=O)NC(CC(F)(F)F)C(=O)O)C(C)C)cc1. The highest BCUT2D eigenvalue weighted by atomic mass is 19.4. The number of amides is 2. The van der Waals surface area contributed by atoms with Gasteiger partial charge < -0.3 is 15.7 Å². The van der Waals surface area contributed by atoms with E-state index in [-0.39, 0.29) is 5.56 Å². The Bertz CT molecular complexity index is 657. The van der Waals surface area contributed by atoms with E-state index in [2.05, 4.69) is 5.32 Å². The minimum atomic E-state index is -4.76. The lowest BCUT2D eigenvalue weighted by Gasteiger charge is -2.24. The summed E-state index contributed by atoms with van der Waals surface area (Å²) in [6.07, 6.45) is -6.46. The van der Waals surface area contributed by atoms with Crippen LogP contribution in [-0.4, -0.2) is 41.2 Å². The maximum absolute atomic E-state index is 12.5. The molecule has 144 valence electrons. The number of hydrogen-bond donors (Lipinski definition) is 3. The fourth-order valence-corrected chi connectivity index (χ4v) is 2.16. The molecule has 26 heavy (non-hydrogen) atoms. The number of carbonyl (C=O) groups excluding carboxylic acids is 2. The lowest BCUT2D eigenvalue weighted by molar-refractivity contribution is -0.160. The molecule has 0 saturated heterocycles. The van der Waals surface area contributed by atoms with Gasteiger partial charge in [0.25, 0.3) is 5.91 Å². The molecule has 0 aliphatic rings. The van der Waals surface area contributed by atoms with Crippen molar-refractivity contribution in [3.8, 4) is 0 Å². The summed E-state index contributed by atoms with van der Waals surface area (Å²) in [5.74, 6) is -3.84. The molecule has 0 aliphatic carbocycles. The van der Waals surface area contributed by atoms with Crippen LogP contribution in [0.15, 0.2) is 24.3 Å². The number of benzene rings is 1. The van der Waals surface area contributed by atoms with Gasteiger partial charge in [0.15, 0.2) is 0 Å². The molecule has 0 saturated carbocycles. The van der Waals surface area contributed by atoms with Crippen molar-refractivity contribution in [3.63, 3.8) is 0 Å². The highest BCUT2D eigenvalue weighted by molar-refractivity contribution is 5.98. The van der Waals surface area contributed by atoms with Crippen molar-refractivity contribution in [2.75, 3.05) is 0 Å². The fraction of sp³-hybridized carbons (Fsp3) is 0.471. The van der Waals surface area contributed by atoms with E-state index in [4.69, 9.17) is 5.11 Å². The number of carbonyl (C=O) groups is 3. The minimum Gasteiger partial charge on any atom is -0.480 e. The predicted octanol–water partition coefficient (Wildman–Crippen LogP) is 2.27. The largest absolute Gasteiger partial charge is 0.480 e. The van der Waals surface area contributed by atoms with Gasteiger partial charge >= 0.3 is 12.1 Å². The van der Waals surface area contributed by atoms with Crippen molar-refractivity contribution < 1.29 is 32.7 Å². The Balaban J connectivity index is 2.87. The third-order valence-corrected chi connectivity index (χ3v) is 3.60. The Labute approximate surface area is 148 Å². The highest BCUT2D eigenvalue weighted by Gasteiger charge is 2.37. The Kier molecular flexibility index (Phi) is 7.17. The van der Waals surface area contributed by atoms with Crippen LogP contribution in [0.4, 0.5) is 13.2 Å². The van der Waals surface area contributed by atoms with Crippen molar-refractivity contribution >= 4 is 17.8 Å². The maximum atomic E-state index is 12.5. The van der Waals surface area contributed by atoms with Crippen LogP contribution in [-0.2, 0) is 9.59 Å². The van der Waals surface area contributed by atoms with Crippen molar-refractivity contribution in [1.82, 2.24) is 10.6 Å². The molecule has 0 aromatic heterocycles. The van der Waals surface area contributed by atoms with Gasteiger partial charge in [0.2, 0.25) is 5.91 Å². The Morgan fingerprint density at radius 3 is 2.04 bits per heavy atom. The Morgan fingerprint density at radius 2 is 1.62 bits per heavy atom. The van der Waals surface area contributed by atoms with E-state index in [1.165, 1.54) is 0 Å². The van der Waals surface area contributed by atoms with E-state index >= 15 is 0 Å². The van der Waals surface area contributed by atoms with Crippen molar-refractivity contribution in [2.45, 2.75) is 45.5 Å². The summed E-state index contributed by atoms with van der Waals surface area (Å²) in [6.45, 7) is 5.00. The average Bonchev–Trinajstić information content (AvgIpc) is 2.50. The lowest BCUT2D eigenvalue weighted by Crippen LogP contribution is -2.54. The van der Waals surface area contributed by atoms with Crippen LogP contribution in [0.5, 0.6) is 0 Å². The molecular weight excluding hydrogens is 353 g/mol. The number of nitrogens with one attached hydrogen (secondary N) is 2. The number of carboxylic acid groups (broad SMARTS) is 1. The van der Waals surface area contributed by atoms with Gasteiger partial charge in [0.1, 0.15) is 12.1 Å². The van der Waals surface area contributed by atoms with Gasteiger partial charge in [-0.25, -0.2) is 4.79 Å². The van der Waals surface area contributed by atoms with E-state index in [0.29, 0.717) is 0 Å². The van der Waals surface area contributed by atoms with E-state index in [9.17, 15) is 27.6 Å². The minimum absolute atomic E-state index is 0.277. The second kappa shape index (κ2) is 8.68. The number of carboxylic acids is 1. The predicted molar refractivity (Wildman–Crippen MR) is 87.5 cm³/mol. The molecule has 1 aromatic carbocycles. The number of aryl methyl sites for hydroxylation is 1. The normalized spacial score (nSPS) is 13.8. The van der Waals surface area contributed by atoms with Gasteiger partial charge in [-0.15, -0.1) is 0 Å². The molecule has 0 spiro atoms. The fourth-order valence-electron chi connectivity index (χ4n) is 2.16. The number of rotatable bonds is 7. The molecule has 9 heteroatoms. The van der Waals surface area contributed by atoms with Crippen LogP contribution in [0.2, 0.25) is 0 Å². The van der Waals surface area contributed by atoms with Crippen LogP contribution in [0.1, 0.15) is 36.2 Å². The third kappa shape index (κ3) is 6.73. The van der Waals surface area contributed by atoms with Gasteiger partial charge in [-0.3, -0.25) is 9.59 Å². The zero-order valence-electron chi connectivity index (χ0n) is 14.6. The molecule has 3 N–H and O–H groups in total. The first-order valence-corrected chi connectivity index (χ1v) is 7.88. The number of aliphatic carboxylic acids is 1. The first-order chi connectivity index (χ1) is 11.9. The van der Waals surface area contributed by atoms with Gasteiger partial charge in [0, 0.05) is 5.56 Å². The molecule has 2 atom stereocenters. The lowest BCUT2D eigenvalue weighted by atomic mass is 10.0. The molecule has 0 bridgehead atoms. The Hall–Kier alpha value is -2.58. The van der Waals surface area contributed by atoms with E-state index in [1.807, 2.05) is 12.2 Å².